The molecule has 0 radical (unpaired) electrons. The zero-order chi connectivity index (χ0) is 17.2. The Morgan fingerprint density at radius 3 is 2.62 bits per heavy atom. The van der Waals surface area contributed by atoms with Crippen molar-refractivity contribution >= 4 is 5.91 Å². The number of hydrogen-bond acceptors (Lipinski definition) is 4. The monoisotopic (exact) mass is 331 g/mol. The lowest BCUT2D eigenvalue weighted by atomic mass is 10.1. The molecule has 6 nitrogen and oxygen atoms in total. The van der Waals surface area contributed by atoms with Crippen molar-refractivity contribution in [2.24, 2.45) is 0 Å². The zero-order valence-electron chi connectivity index (χ0n) is 14.3. The first-order valence-corrected chi connectivity index (χ1v) is 8.20. The third-order valence-electron chi connectivity index (χ3n) is 3.83. The predicted octanol–water partition coefficient (Wildman–Crippen LogP) is 2.89. The van der Waals surface area contributed by atoms with Gasteiger partial charge in [0.15, 0.2) is 11.5 Å². The average molecular weight is 331 g/mol. The molecular formula is C18H25N3O3. The number of aryl methyl sites for hydroxylation is 1. The van der Waals surface area contributed by atoms with Crippen molar-refractivity contribution in [1.82, 2.24) is 14.9 Å². The molecule has 0 aliphatic carbocycles. The summed E-state index contributed by atoms with van der Waals surface area (Å²) >= 11 is 0. The van der Waals surface area contributed by atoms with Gasteiger partial charge in [-0.3, -0.25) is 4.79 Å². The van der Waals surface area contributed by atoms with Crippen LogP contribution >= 0.6 is 0 Å². The van der Waals surface area contributed by atoms with E-state index in [4.69, 9.17) is 9.47 Å². The molecule has 1 amide bonds. The highest BCUT2D eigenvalue weighted by atomic mass is 16.5. The van der Waals surface area contributed by atoms with Crippen LogP contribution in [0.25, 0.3) is 0 Å². The Hall–Kier alpha value is -2.50. The fraction of sp³-hybridized carbons (Fsp3) is 0.444. The van der Waals surface area contributed by atoms with Crippen molar-refractivity contribution in [2.75, 3.05) is 20.8 Å². The standard InChI is InChI=1S/C18H25N3O3/c1-23-16-8-7-15(13-17(16)24-2)18(22)20-9-5-3-4-6-11-21-12-10-19-14-21/h7-8,10,12-14H,3-6,9,11H2,1-2H3,(H,20,22). The highest BCUT2D eigenvalue weighted by molar-refractivity contribution is 5.94. The summed E-state index contributed by atoms with van der Waals surface area (Å²) in [4.78, 5) is 16.2. The van der Waals surface area contributed by atoms with Crippen LogP contribution in [0.2, 0.25) is 0 Å². The van der Waals surface area contributed by atoms with Gasteiger partial charge in [-0.15, -0.1) is 0 Å². The van der Waals surface area contributed by atoms with Gasteiger partial charge in [0.1, 0.15) is 0 Å². The summed E-state index contributed by atoms with van der Waals surface area (Å²) in [6, 6.07) is 5.17. The molecule has 0 unspecified atom stereocenters. The fourth-order valence-corrected chi connectivity index (χ4v) is 2.47. The largest absolute Gasteiger partial charge is 0.493 e. The molecule has 2 rings (SSSR count). The summed E-state index contributed by atoms with van der Waals surface area (Å²) < 4.78 is 12.5. The summed E-state index contributed by atoms with van der Waals surface area (Å²) in [5.74, 6) is 1.09. The maximum atomic E-state index is 12.1. The number of amides is 1. The van der Waals surface area contributed by atoms with Crippen LogP contribution < -0.4 is 14.8 Å². The van der Waals surface area contributed by atoms with Crippen molar-refractivity contribution in [3.05, 3.63) is 42.5 Å². The molecule has 1 N–H and O–H groups in total. The number of methoxy groups -OCH3 is 2. The van der Waals surface area contributed by atoms with Gasteiger partial charge in [-0.25, -0.2) is 4.98 Å². The second-order valence-corrected chi connectivity index (χ2v) is 5.54. The summed E-state index contributed by atoms with van der Waals surface area (Å²) in [6.07, 6.45) is 9.95. The maximum Gasteiger partial charge on any atom is 0.251 e. The van der Waals surface area contributed by atoms with E-state index in [1.165, 1.54) is 0 Å². The van der Waals surface area contributed by atoms with E-state index < -0.39 is 0 Å². The molecular weight excluding hydrogens is 306 g/mol. The highest BCUT2D eigenvalue weighted by Gasteiger charge is 2.10. The second-order valence-electron chi connectivity index (χ2n) is 5.54. The van der Waals surface area contributed by atoms with Gasteiger partial charge in [-0.1, -0.05) is 12.8 Å². The van der Waals surface area contributed by atoms with E-state index in [-0.39, 0.29) is 5.91 Å². The van der Waals surface area contributed by atoms with Gasteiger partial charge in [0, 0.05) is 31.0 Å². The normalized spacial score (nSPS) is 10.4. The van der Waals surface area contributed by atoms with Gasteiger partial charge in [-0.05, 0) is 31.0 Å². The molecule has 2 aromatic rings. The summed E-state index contributed by atoms with van der Waals surface area (Å²) in [6.45, 7) is 1.68. The third-order valence-corrected chi connectivity index (χ3v) is 3.83. The van der Waals surface area contributed by atoms with Crippen LogP contribution in [0.5, 0.6) is 11.5 Å². The van der Waals surface area contributed by atoms with Crippen LogP contribution in [-0.2, 0) is 6.54 Å². The van der Waals surface area contributed by atoms with Crippen molar-refractivity contribution < 1.29 is 14.3 Å². The summed E-state index contributed by atoms with van der Waals surface area (Å²) in [7, 11) is 3.13. The van der Waals surface area contributed by atoms with Gasteiger partial charge < -0.3 is 19.4 Å². The van der Waals surface area contributed by atoms with E-state index in [2.05, 4.69) is 14.9 Å². The number of nitrogens with one attached hydrogen (secondary N) is 1. The first-order chi connectivity index (χ1) is 11.7. The smallest absolute Gasteiger partial charge is 0.251 e. The van der Waals surface area contributed by atoms with E-state index in [0.717, 1.165) is 32.2 Å². The Balaban J connectivity index is 1.64. The highest BCUT2D eigenvalue weighted by Crippen LogP contribution is 2.27. The minimum absolute atomic E-state index is 0.0885. The van der Waals surface area contributed by atoms with E-state index in [9.17, 15) is 4.79 Å². The minimum atomic E-state index is -0.0885. The number of unbranched alkanes of at least 4 members (excludes halogenated alkanes) is 3. The molecule has 0 atom stereocenters. The molecule has 1 heterocycles. The summed E-state index contributed by atoms with van der Waals surface area (Å²) in [5, 5.41) is 2.94. The number of carbonyl (C=O) groups is 1. The van der Waals surface area contributed by atoms with Crippen LogP contribution in [0, 0.1) is 0 Å². The molecule has 0 bridgehead atoms. The van der Waals surface area contributed by atoms with Crippen molar-refractivity contribution in [3.8, 4) is 11.5 Å². The lowest BCUT2D eigenvalue weighted by Gasteiger charge is -2.10. The molecule has 0 saturated heterocycles. The third kappa shape index (κ3) is 5.30. The van der Waals surface area contributed by atoms with Crippen molar-refractivity contribution in [2.45, 2.75) is 32.2 Å². The van der Waals surface area contributed by atoms with Gasteiger partial charge in [0.05, 0.1) is 20.5 Å². The molecule has 0 aliphatic rings. The fourth-order valence-electron chi connectivity index (χ4n) is 2.47. The zero-order valence-corrected chi connectivity index (χ0v) is 14.3. The van der Waals surface area contributed by atoms with Crippen LogP contribution in [0.15, 0.2) is 36.9 Å². The Bertz CT molecular complexity index is 626. The number of hydrogen-bond donors (Lipinski definition) is 1. The Morgan fingerprint density at radius 2 is 1.92 bits per heavy atom. The molecule has 0 saturated carbocycles. The molecule has 0 aliphatic heterocycles. The van der Waals surface area contributed by atoms with Crippen LogP contribution in [0.3, 0.4) is 0 Å². The van der Waals surface area contributed by atoms with Gasteiger partial charge in [-0.2, -0.15) is 0 Å². The lowest BCUT2D eigenvalue weighted by Crippen LogP contribution is -2.24. The Labute approximate surface area is 142 Å². The number of nitrogens with zero attached hydrogens (tertiary/aromatic N) is 2. The molecule has 24 heavy (non-hydrogen) atoms. The summed E-state index contributed by atoms with van der Waals surface area (Å²) in [5.41, 5.74) is 0.577. The average Bonchev–Trinajstić information content (AvgIpc) is 3.13. The van der Waals surface area contributed by atoms with Gasteiger partial charge >= 0.3 is 0 Å². The number of aromatic nitrogens is 2. The quantitative estimate of drug-likeness (QED) is 0.680. The minimum Gasteiger partial charge on any atom is -0.493 e. The molecule has 6 heteroatoms. The molecule has 1 aromatic heterocycles. The number of ether oxygens (including phenoxy) is 2. The SMILES string of the molecule is COc1ccc(C(=O)NCCCCCCn2ccnc2)cc1OC. The number of rotatable bonds is 10. The number of imidazole rings is 1. The van der Waals surface area contributed by atoms with Gasteiger partial charge in [0.2, 0.25) is 0 Å². The molecule has 0 spiro atoms. The molecule has 130 valence electrons. The van der Waals surface area contributed by atoms with E-state index in [0.29, 0.717) is 23.6 Å². The first-order valence-electron chi connectivity index (χ1n) is 8.20. The Morgan fingerprint density at radius 1 is 1.12 bits per heavy atom. The van der Waals surface area contributed by atoms with E-state index in [1.807, 2.05) is 12.5 Å². The Kier molecular flexibility index (Phi) is 7.14. The molecule has 1 aromatic carbocycles. The van der Waals surface area contributed by atoms with E-state index in [1.54, 1.807) is 38.6 Å². The number of benzene rings is 1. The van der Waals surface area contributed by atoms with E-state index >= 15 is 0 Å². The van der Waals surface area contributed by atoms with Crippen LogP contribution in [0.1, 0.15) is 36.0 Å². The second kappa shape index (κ2) is 9.60. The lowest BCUT2D eigenvalue weighted by molar-refractivity contribution is 0.0952. The first kappa shape index (κ1) is 17.8. The number of carbonyl (C=O) groups excluding carboxylic acids is 1. The van der Waals surface area contributed by atoms with Crippen LogP contribution in [0.4, 0.5) is 0 Å². The topological polar surface area (TPSA) is 65.4 Å². The predicted molar refractivity (Wildman–Crippen MR) is 92.6 cm³/mol. The van der Waals surface area contributed by atoms with Gasteiger partial charge in [0.25, 0.3) is 5.91 Å². The molecule has 0 fully saturated rings. The van der Waals surface area contributed by atoms with Crippen molar-refractivity contribution in [1.29, 1.82) is 0 Å². The maximum absolute atomic E-state index is 12.1. The van der Waals surface area contributed by atoms with Crippen LogP contribution in [-0.4, -0.2) is 36.2 Å². The van der Waals surface area contributed by atoms with Crippen molar-refractivity contribution in [3.63, 3.8) is 0 Å².